The van der Waals surface area contributed by atoms with Crippen molar-refractivity contribution in [2.45, 2.75) is 0 Å². The summed E-state index contributed by atoms with van der Waals surface area (Å²) in [5.41, 5.74) is 8.73. The van der Waals surface area contributed by atoms with E-state index in [0.29, 0.717) is 5.56 Å². The molecule has 0 fully saturated rings. The van der Waals surface area contributed by atoms with Gasteiger partial charge in [-0.3, -0.25) is 4.79 Å². The van der Waals surface area contributed by atoms with Crippen molar-refractivity contribution in [2.75, 3.05) is 13.7 Å². The molecule has 2 rings (SSSR count). The molecule has 0 amide bonds. The van der Waals surface area contributed by atoms with Crippen LogP contribution in [0, 0.1) is 0 Å². The molecule has 0 spiro atoms. The maximum atomic E-state index is 11.7. The molecule has 0 aliphatic heterocycles. The third-order valence-electron chi connectivity index (χ3n) is 2.65. The third-order valence-corrected chi connectivity index (χ3v) is 2.65. The highest BCUT2D eigenvalue weighted by atomic mass is 16.5. The summed E-state index contributed by atoms with van der Waals surface area (Å²) in [6.45, 7) is -0.155. The largest absolute Gasteiger partial charge is 0.497 e. The minimum atomic E-state index is -0.189. The average Bonchev–Trinajstić information content (AvgIpc) is 2.43. The van der Waals surface area contributed by atoms with E-state index in [1.807, 2.05) is 24.3 Å². The standard InChI is InChI=1S/C13H11N3O2/c1-18-12-5-4-9-6-11(3-2-10(9)7-12)13(17)8-15-16-14/h2-7H,8H2,1H3. The summed E-state index contributed by atoms with van der Waals surface area (Å²) in [4.78, 5) is 14.3. The van der Waals surface area contributed by atoms with Crippen LogP contribution < -0.4 is 4.74 Å². The maximum Gasteiger partial charge on any atom is 0.168 e. The molecule has 0 aliphatic rings. The van der Waals surface area contributed by atoms with Gasteiger partial charge in [0, 0.05) is 10.5 Å². The van der Waals surface area contributed by atoms with E-state index in [2.05, 4.69) is 10.0 Å². The van der Waals surface area contributed by atoms with Crippen LogP contribution in [-0.2, 0) is 0 Å². The number of fused-ring (bicyclic) bond motifs is 1. The normalized spacial score (nSPS) is 9.83. The molecular formula is C13H11N3O2. The highest BCUT2D eigenvalue weighted by Crippen LogP contribution is 2.22. The van der Waals surface area contributed by atoms with E-state index in [4.69, 9.17) is 10.3 Å². The van der Waals surface area contributed by atoms with Gasteiger partial charge < -0.3 is 4.74 Å². The molecular weight excluding hydrogens is 230 g/mol. The Morgan fingerprint density at radius 1 is 1.28 bits per heavy atom. The van der Waals surface area contributed by atoms with Crippen LogP contribution in [0.5, 0.6) is 5.75 Å². The Balaban J connectivity index is 2.38. The van der Waals surface area contributed by atoms with Gasteiger partial charge in [0.1, 0.15) is 5.75 Å². The van der Waals surface area contributed by atoms with Gasteiger partial charge in [-0.15, -0.1) is 0 Å². The molecule has 0 unspecified atom stereocenters. The summed E-state index contributed by atoms with van der Waals surface area (Å²) in [5, 5.41) is 5.21. The first-order valence-corrected chi connectivity index (χ1v) is 5.36. The first-order chi connectivity index (χ1) is 8.74. The van der Waals surface area contributed by atoms with Crippen molar-refractivity contribution in [2.24, 2.45) is 5.11 Å². The zero-order valence-electron chi connectivity index (χ0n) is 9.83. The Morgan fingerprint density at radius 2 is 2.00 bits per heavy atom. The number of hydrogen-bond acceptors (Lipinski definition) is 3. The van der Waals surface area contributed by atoms with Crippen molar-refractivity contribution in [3.63, 3.8) is 0 Å². The number of ether oxygens (including phenoxy) is 1. The molecule has 2 aromatic rings. The Morgan fingerprint density at radius 3 is 2.72 bits per heavy atom. The first-order valence-electron chi connectivity index (χ1n) is 5.36. The average molecular weight is 241 g/mol. The Hall–Kier alpha value is -2.52. The third kappa shape index (κ3) is 2.42. The number of benzene rings is 2. The quantitative estimate of drug-likeness (QED) is 0.356. The van der Waals surface area contributed by atoms with Gasteiger partial charge in [0.05, 0.1) is 13.7 Å². The van der Waals surface area contributed by atoms with E-state index in [9.17, 15) is 4.79 Å². The number of hydrogen-bond donors (Lipinski definition) is 0. The number of carbonyl (C=O) groups excluding carboxylic acids is 1. The summed E-state index contributed by atoms with van der Waals surface area (Å²) in [5.74, 6) is 0.584. The molecule has 18 heavy (non-hydrogen) atoms. The van der Waals surface area contributed by atoms with E-state index < -0.39 is 0 Å². The summed E-state index contributed by atoms with van der Waals surface area (Å²) in [6.07, 6.45) is 0. The zero-order valence-corrected chi connectivity index (χ0v) is 9.83. The second-order valence-corrected chi connectivity index (χ2v) is 3.74. The minimum Gasteiger partial charge on any atom is -0.497 e. The van der Waals surface area contributed by atoms with Gasteiger partial charge in [-0.05, 0) is 34.5 Å². The summed E-state index contributed by atoms with van der Waals surface area (Å²) in [6, 6.07) is 11.0. The van der Waals surface area contributed by atoms with E-state index >= 15 is 0 Å². The fourth-order valence-corrected chi connectivity index (χ4v) is 1.71. The lowest BCUT2D eigenvalue weighted by Gasteiger charge is -2.04. The number of Topliss-reactive ketones (excluding diaryl/α,β-unsaturated/α-hetero) is 1. The van der Waals surface area contributed by atoms with Crippen LogP contribution in [0.1, 0.15) is 10.4 Å². The Bertz CT molecular complexity index is 646. The van der Waals surface area contributed by atoms with Crippen molar-refractivity contribution in [1.82, 2.24) is 0 Å². The van der Waals surface area contributed by atoms with Gasteiger partial charge in [-0.25, -0.2) is 0 Å². The number of nitrogens with zero attached hydrogens (tertiary/aromatic N) is 3. The lowest BCUT2D eigenvalue weighted by atomic mass is 10.0. The van der Waals surface area contributed by atoms with Gasteiger partial charge >= 0.3 is 0 Å². The SMILES string of the molecule is COc1ccc2cc(C(=O)CN=[N+]=[N-])ccc2c1. The van der Waals surface area contributed by atoms with Crippen LogP contribution in [-0.4, -0.2) is 19.4 Å². The molecule has 0 saturated carbocycles. The van der Waals surface area contributed by atoms with Crippen molar-refractivity contribution in [3.05, 3.63) is 52.4 Å². The van der Waals surface area contributed by atoms with Crippen molar-refractivity contribution in [3.8, 4) is 5.75 Å². The molecule has 5 nitrogen and oxygen atoms in total. The van der Waals surface area contributed by atoms with Crippen LogP contribution in [0.2, 0.25) is 0 Å². The molecule has 0 atom stereocenters. The van der Waals surface area contributed by atoms with Crippen LogP contribution in [0.25, 0.3) is 21.2 Å². The maximum absolute atomic E-state index is 11.7. The monoisotopic (exact) mass is 241 g/mol. The Labute approximate surface area is 104 Å². The summed E-state index contributed by atoms with van der Waals surface area (Å²) < 4.78 is 5.13. The zero-order chi connectivity index (χ0) is 13.0. The number of methoxy groups -OCH3 is 1. The topological polar surface area (TPSA) is 75.1 Å². The molecule has 0 bridgehead atoms. The second-order valence-electron chi connectivity index (χ2n) is 3.74. The molecule has 0 saturated heterocycles. The van der Waals surface area contributed by atoms with Gasteiger partial charge in [0.2, 0.25) is 0 Å². The van der Waals surface area contributed by atoms with Gasteiger partial charge in [0.25, 0.3) is 0 Å². The fourth-order valence-electron chi connectivity index (χ4n) is 1.71. The number of azide groups is 1. The highest BCUT2D eigenvalue weighted by molar-refractivity contribution is 6.01. The highest BCUT2D eigenvalue weighted by Gasteiger charge is 2.05. The number of rotatable bonds is 4. The summed E-state index contributed by atoms with van der Waals surface area (Å²) in [7, 11) is 1.61. The first kappa shape index (κ1) is 12.0. The number of ketones is 1. The fraction of sp³-hybridized carbons (Fsp3) is 0.154. The molecule has 2 aromatic carbocycles. The molecule has 0 N–H and O–H groups in total. The molecule has 0 heterocycles. The predicted molar refractivity (Wildman–Crippen MR) is 68.8 cm³/mol. The van der Waals surface area contributed by atoms with Crippen molar-refractivity contribution >= 4 is 16.6 Å². The lowest BCUT2D eigenvalue weighted by Crippen LogP contribution is -2.02. The van der Waals surface area contributed by atoms with Crippen LogP contribution in [0.3, 0.4) is 0 Å². The second kappa shape index (κ2) is 5.21. The minimum absolute atomic E-state index is 0.155. The van der Waals surface area contributed by atoms with E-state index in [-0.39, 0.29) is 12.3 Å². The van der Waals surface area contributed by atoms with Crippen molar-refractivity contribution in [1.29, 1.82) is 0 Å². The summed E-state index contributed by atoms with van der Waals surface area (Å²) >= 11 is 0. The molecule has 90 valence electrons. The van der Waals surface area contributed by atoms with Crippen LogP contribution in [0.4, 0.5) is 0 Å². The van der Waals surface area contributed by atoms with E-state index in [1.54, 1.807) is 19.2 Å². The molecule has 5 heteroatoms. The van der Waals surface area contributed by atoms with Crippen molar-refractivity contribution < 1.29 is 9.53 Å². The predicted octanol–water partition coefficient (Wildman–Crippen LogP) is 3.34. The van der Waals surface area contributed by atoms with E-state index in [1.165, 1.54) is 0 Å². The van der Waals surface area contributed by atoms with Crippen LogP contribution in [0.15, 0.2) is 41.5 Å². The molecule has 0 radical (unpaired) electrons. The van der Waals surface area contributed by atoms with Gasteiger partial charge in [-0.2, -0.15) is 0 Å². The van der Waals surface area contributed by atoms with Gasteiger partial charge in [-0.1, -0.05) is 23.3 Å². The lowest BCUT2D eigenvalue weighted by molar-refractivity contribution is 0.100. The van der Waals surface area contributed by atoms with E-state index in [0.717, 1.165) is 16.5 Å². The van der Waals surface area contributed by atoms with Gasteiger partial charge in [0.15, 0.2) is 5.78 Å². The van der Waals surface area contributed by atoms with Crippen LogP contribution >= 0.6 is 0 Å². The molecule has 0 aromatic heterocycles. The number of carbonyl (C=O) groups is 1. The molecule has 0 aliphatic carbocycles. The Kier molecular flexibility index (Phi) is 3.46. The smallest absolute Gasteiger partial charge is 0.168 e.